The summed E-state index contributed by atoms with van der Waals surface area (Å²) in [6, 6.07) is 72.5. The topological polar surface area (TPSA) is 0 Å². The smallest absolute Gasteiger partial charge is 0.0991 e. The van der Waals surface area contributed by atoms with E-state index >= 15 is 0 Å². The van der Waals surface area contributed by atoms with E-state index in [0.29, 0.717) is 12.6 Å². The van der Waals surface area contributed by atoms with Gasteiger partial charge in [0, 0.05) is 5.92 Å². The van der Waals surface area contributed by atoms with Crippen LogP contribution in [-0.2, 0) is 6.42 Å². The van der Waals surface area contributed by atoms with Crippen LogP contribution >= 0.6 is 0 Å². The number of hydrogen-bond acceptors (Lipinski definition) is 0. The molecule has 0 radical (unpaired) electrons. The van der Waals surface area contributed by atoms with Gasteiger partial charge in [0.15, 0.2) is 0 Å². The first-order chi connectivity index (χ1) is 31.0. The maximum Gasteiger partial charge on any atom is 0.206 e. The monoisotopic (exact) mass is 806 g/mol. The van der Waals surface area contributed by atoms with E-state index in [-0.39, 0.29) is 0 Å². The molecular formula is C62H51B. The van der Waals surface area contributed by atoms with Crippen LogP contribution in [0.2, 0.25) is 6.82 Å². The molecule has 302 valence electrons. The van der Waals surface area contributed by atoms with Gasteiger partial charge in [-0.1, -0.05) is 261 Å². The third-order valence-corrected chi connectivity index (χ3v) is 12.6. The molecule has 8 aromatic rings. The van der Waals surface area contributed by atoms with Crippen molar-refractivity contribution in [3.63, 3.8) is 0 Å². The zero-order chi connectivity index (χ0) is 43.0. The second-order valence-corrected chi connectivity index (χ2v) is 16.6. The van der Waals surface area contributed by atoms with Gasteiger partial charge < -0.3 is 0 Å². The summed E-state index contributed by atoms with van der Waals surface area (Å²) in [5, 5.41) is 0. The fourth-order valence-corrected chi connectivity index (χ4v) is 8.82. The number of rotatable bonds is 9. The number of benzene rings is 8. The molecule has 8 aromatic carbocycles. The van der Waals surface area contributed by atoms with Gasteiger partial charge in [-0.05, 0) is 102 Å². The average molecular weight is 807 g/mol. The van der Waals surface area contributed by atoms with Gasteiger partial charge in [0.1, 0.15) is 0 Å². The highest BCUT2D eigenvalue weighted by molar-refractivity contribution is 6.84. The molecule has 0 amide bonds. The van der Waals surface area contributed by atoms with Gasteiger partial charge in [-0.15, -0.1) is 0 Å². The summed E-state index contributed by atoms with van der Waals surface area (Å²) < 4.78 is 0. The predicted molar refractivity (Wildman–Crippen MR) is 274 cm³/mol. The molecule has 0 saturated heterocycles. The quantitative estimate of drug-likeness (QED) is 0.127. The highest BCUT2D eigenvalue weighted by Crippen LogP contribution is 2.38. The van der Waals surface area contributed by atoms with E-state index in [1.54, 1.807) is 0 Å². The summed E-state index contributed by atoms with van der Waals surface area (Å²) in [5.41, 5.74) is 21.6. The van der Waals surface area contributed by atoms with E-state index in [4.69, 9.17) is 0 Å². The summed E-state index contributed by atoms with van der Waals surface area (Å²) >= 11 is 0. The molecule has 2 aliphatic rings. The largest absolute Gasteiger partial charge is 0.206 e. The van der Waals surface area contributed by atoms with E-state index < -0.39 is 0 Å². The minimum absolute atomic E-state index is 0.332. The van der Waals surface area contributed by atoms with E-state index in [9.17, 15) is 0 Å². The Morgan fingerprint density at radius 1 is 0.476 bits per heavy atom. The molecular weight excluding hydrogens is 755 g/mol. The zero-order valence-corrected chi connectivity index (χ0v) is 36.0. The van der Waals surface area contributed by atoms with Crippen molar-refractivity contribution in [2.45, 2.75) is 25.6 Å². The average Bonchev–Trinajstić information content (AvgIpc) is 3.68. The molecule has 1 heteroatoms. The lowest BCUT2D eigenvalue weighted by Crippen LogP contribution is -2.38. The van der Waals surface area contributed by atoms with Crippen LogP contribution in [0.5, 0.6) is 0 Å². The van der Waals surface area contributed by atoms with Crippen LogP contribution in [0.25, 0.3) is 61.2 Å². The first kappa shape index (κ1) is 40.9. The van der Waals surface area contributed by atoms with Crippen molar-refractivity contribution >= 4 is 23.2 Å². The molecule has 10 rings (SSSR count). The fourth-order valence-electron chi connectivity index (χ4n) is 8.82. The van der Waals surface area contributed by atoms with Gasteiger partial charge in [0.05, 0.1) is 0 Å². The molecule has 0 aliphatic heterocycles. The lowest BCUT2D eigenvalue weighted by molar-refractivity contribution is 0.854. The number of allylic oxidation sites excluding steroid dienone is 8. The van der Waals surface area contributed by atoms with Crippen LogP contribution < -0.4 is 10.9 Å². The SMILES string of the molecule is C=C/C=C1/Cc2ccc(-c3ccc(C4C=CC=CC4)cc3)cc2C1=C.CB(c1ccc(-c2ccc(-c3ccccc3)cc2)cc1)c1ccc(-c2ccc(-c3ccccc3)cc2)cc1. The number of hydrogen-bond donors (Lipinski definition) is 0. The Kier molecular flexibility index (Phi) is 12.4. The normalized spacial score (nSPS) is 14.5. The molecule has 0 bridgehead atoms. The minimum atomic E-state index is 0.332. The Balaban J connectivity index is 0.000000174. The molecule has 2 aliphatic carbocycles. The van der Waals surface area contributed by atoms with Gasteiger partial charge in [-0.25, -0.2) is 0 Å². The molecule has 0 nitrogen and oxygen atoms in total. The van der Waals surface area contributed by atoms with E-state index in [1.165, 1.54) is 88.8 Å². The summed E-state index contributed by atoms with van der Waals surface area (Å²) in [6.07, 6.45) is 14.7. The van der Waals surface area contributed by atoms with Crippen molar-refractivity contribution in [1.29, 1.82) is 0 Å². The van der Waals surface area contributed by atoms with E-state index in [2.05, 4.69) is 251 Å². The van der Waals surface area contributed by atoms with Crippen molar-refractivity contribution in [3.8, 4) is 55.6 Å². The first-order valence-electron chi connectivity index (χ1n) is 22.1. The second-order valence-electron chi connectivity index (χ2n) is 16.6. The molecule has 0 heterocycles. The molecule has 0 spiro atoms. The van der Waals surface area contributed by atoms with Gasteiger partial charge in [0.2, 0.25) is 6.71 Å². The molecule has 63 heavy (non-hydrogen) atoms. The van der Waals surface area contributed by atoms with Gasteiger partial charge in [-0.2, -0.15) is 0 Å². The van der Waals surface area contributed by atoms with Crippen molar-refractivity contribution in [3.05, 3.63) is 272 Å². The van der Waals surface area contributed by atoms with Crippen LogP contribution in [0.4, 0.5) is 0 Å². The Morgan fingerprint density at radius 3 is 1.33 bits per heavy atom. The lowest BCUT2D eigenvalue weighted by Gasteiger charge is -2.14. The van der Waals surface area contributed by atoms with Crippen LogP contribution in [0.1, 0.15) is 29.0 Å². The molecule has 1 atom stereocenters. The van der Waals surface area contributed by atoms with Crippen LogP contribution in [0.3, 0.4) is 0 Å². The third-order valence-electron chi connectivity index (χ3n) is 12.6. The summed E-state index contributed by atoms with van der Waals surface area (Å²) in [6.45, 7) is 10.7. The molecule has 0 N–H and O–H groups in total. The van der Waals surface area contributed by atoms with Gasteiger partial charge in [-0.3, -0.25) is 0 Å². The van der Waals surface area contributed by atoms with Gasteiger partial charge >= 0.3 is 0 Å². The zero-order valence-electron chi connectivity index (χ0n) is 36.0. The molecule has 0 saturated carbocycles. The minimum Gasteiger partial charge on any atom is -0.0991 e. The van der Waals surface area contributed by atoms with Crippen molar-refractivity contribution in [2.24, 2.45) is 0 Å². The Labute approximate surface area is 374 Å². The van der Waals surface area contributed by atoms with Crippen molar-refractivity contribution < 1.29 is 0 Å². The fraction of sp³-hybridized carbons (Fsp3) is 0.0645. The van der Waals surface area contributed by atoms with Gasteiger partial charge in [0.25, 0.3) is 0 Å². The molecule has 1 unspecified atom stereocenters. The summed E-state index contributed by atoms with van der Waals surface area (Å²) in [7, 11) is 0. The third kappa shape index (κ3) is 9.40. The predicted octanol–water partition coefficient (Wildman–Crippen LogP) is 15.2. The first-order valence-corrected chi connectivity index (χ1v) is 22.1. The maximum absolute atomic E-state index is 4.28. The van der Waals surface area contributed by atoms with Crippen LogP contribution in [0.15, 0.2) is 255 Å². The lowest BCUT2D eigenvalue weighted by atomic mass is 9.42. The maximum atomic E-state index is 4.28. The summed E-state index contributed by atoms with van der Waals surface area (Å²) in [5.74, 6) is 0.505. The second kappa shape index (κ2) is 19.1. The van der Waals surface area contributed by atoms with E-state index in [1.807, 2.05) is 6.08 Å². The van der Waals surface area contributed by atoms with Crippen LogP contribution in [-0.4, -0.2) is 6.71 Å². The van der Waals surface area contributed by atoms with E-state index in [0.717, 1.165) is 18.4 Å². The summed E-state index contributed by atoms with van der Waals surface area (Å²) in [4.78, 5) is 0. The Bertz CT molecular complexity index is 2790. The Morgan fingerprint density at radius 2 is 0.889 bits per heavy atom. The standard InChI is InChI=1S/C37H29B.C25H22/c1-38(36-24-20-34(21-25-36)32-16-12-30(13-17-32)28-8-4-2-5-9-28)37-26-22-35(23-27-37)33-18-14-31(15-19-33)29-10-6-3-7-11-29;1-3-7-22-16-24-15-14-23(17-25(24)18(22)2)21-12-10-20(11-13-21)19-8-5-4-6-9-19/h2-27H,1H3;3-8,10-15,17,19H,1-2,9,16H2/b;22-7-. The van der Waals surface area contributed by atoms with Crippen molar-refractivity contribution in [1.82, 2.24) is 0 Å². The Hall–Kier alpha value is -7.48. The molecule has 0 fully saturated rings. The highest BCUT2D eigenvalue weighted by atomic mass is 14.2. The molecule has 0 aromatic heterocycles. The van der Waals surface area contributed by atoms with Crippen LogP contribution in [0, 0.1) is 0 Å². The van der Waals surface area contributed by atoms with Crippen molar-refractivity contribution in [2.75, 3.05) is 0 Å². The number of fused-ring (bicyclic) bond motifs is 1. The highest BCUT2D eigenvalue weighted by Gasteiger charge is 2.20.